The van der Waals surface area contributed by atoms with E-state index in [1.54, 1.807) is 14.2 Å². The first kappa shape index (κ1) is 72.7. The summed E-state index contributed by atoms with van der Waals surface area (Å²) in [7, 11) is 18.7. The zero-order chi connectivity index (χ0) is 66.9. The number of quaternary nitrogens is 6. The number of nitrogens with zero attached hydrogens (tertiary/aromatic N) is 6. The van der Waals surface area contributed by atoms with Gasteiger partial charge in [-0.3, -0.25) is 0 Å². The van der Waals surface area contributed by atoms with Crippen LogP contribution in [0, 0.1) is 5.92 Å². The molecule has 92 heavy (non-hydrogen) atoms. The van der Waals surface area contributed by atoms with Crippen molar-refractivity contribution in [3.8, 4) is 0 Å². The Morgan fingerprint density at radius 1 is 0.478 bits per heavy atom. The quantitative estimate of drug-likeness (QED) is 0.0394. The normalized spacial score (nSPS) is 26.5. The van der Waals surface area contributed by atoms with E-state index < -0.39 is 17.2 Å². The number of likely N-dealkylation sites (tertiary alicyclic amines) is 3. The highest BCUT2D eigenvalue weighted by Crippen LogP contribution is 2.47. The molecular weight excluding hydrogens is 1170 g/mol. The Kier molecular flexibility index (Phi) is 24.9. The van der Waals surface area contributed by atoms with Gasteiger partial charge in [-0.1, -0.05) is 142 Å². The van der Waals surface area contributed by atoms with E-state index in [-0.39, 0.29) is 44.2 Å². The minimum Gasteiger partial charge on any atom is -0.464 e. The Bertz CT molecular complexity index is 3310. The summed E-state index contributed by atoms with van der Waals surface area (Å²) in [6.07, 6.45) is 7.16. The molecule has 5 aromatic carbocycles. The van der Waals surface area contributed by atoms with Gasteiger partial charge in [0.15, 0.2) is 0 Å². The molecule has 0 bridgehead atoms. The second-order valence-electron chi connectivity index (χ2n) is 27.4. The van der Waals surface area contributed by atoms with Gasteiger partial charge >= 0.3 is 29.8 Å². The molecule has 3 fully saturated rings. The van der Waals surface area contributed by atoms with Crippen molar-refractivity contribution < 1.29 is 56.4 Å². The van der Waals surface area contributed by atoms with Crippen molar-refractivity contribution in [2.45, 2.75) is 102 Å². The number of ether oxygens (including phenoxy) is 4. The van der Waals surface area contributed by atoms with E-state index in [1.807, 2.05) is 123 Å². The third kappa shape index (κ3) is 15.1. The van der Waals surface area contributed by atoms with Gasteiger partial charge in [-0.25, -0.2) is 28.1 Å². The van der Waals surface area contributed by atoms with Gasteiger partial charge in [0.05, 0.1) is 173 Å². The second-order valence-corrected chi connectivity index (χ2v) is 28.4. The van der Waals surface area contributed by atoms with Gasteiger partial charge in [-0.2, -0.15) is 9.28 Å². The Balaban J connectivity index is 0.000000196. The average Bonchev–Trinajstić information content (AvgIpc) is 0.861. The molecule has 0 N–H and O–H groups in total. The molecule has 6 atom stereocenters. The van der Waals surface area contributed by atoms with E-state index in [4.69, 9.17) is 18.9 Å². The molecule has 0 aliphatic carbocycles. The molecule has 496 valence electrons. The zero-order valence-electron chi connectivity index (χ0n) is 57.7. The Morgan fingerprint density at radius 2 is 0.880 bits per heavy atom. The van der Waals surface area contributed by atoms with Crippen LogP contribution in [0.3, 0.4) is 0 Å². The van der Waals surface area contributed by atoms with E-state index in [1.165, 1.54) is 37.3 Å². The van der Waals surface area contributed by atoms with Crippen LogP contribution in [0.5, 0.6) is 0 Å². The minimum absolute atomic E-state index is 0.0360. The lowest BCUT2D eigenvalue weighted by molar-refractivity contribution is -0.918. The van der Waals surface area contributed by atoms with Crippen molar-refractivity contribution in [1.29, 1.82) is 0 Å². The lowest BCUT2D eigenvalue weighted by atomic mass is 9.73. The molecule has 0 radical (unpaired) electrons. The number of piperidine rings is 3. The van der Waals surface area contributed by atoms with Crippen molar-refractivity contribution >= 4 is 58.2 Å². The monoisotopic (exact) mass is 1280 g/mol. The maximum absolute atomic E-state index is 13.5. The van der Waals surface area contributed by atoms with Crippen molar-refractivity contribution in [1.82, 2.24) is 13.4 Å². The number of carbonyl (C=O) groups is 5. The number of hydrogen-bond donors (Lipinski definition) is 0. The van der Waals surface area contributed by atoms with E-state index >= 15 is 0 Å². The molecule has 9 rings (SSSR count). The molecule has 6 aromatic rings. The molecule has 6 unspecified atom stereocenters. The smallest absolute Gasteiger partial charge is 0.464 e. The predicted octanol–water partition coefficient (Wildman–Crippen LogP) is 12.5. The number of hydrogen-bond acceptors (Lipinski definition) is 10. The number of esters is 2. The summed E-state index contributed by atoms with van der Waals surface area (Å²) >= 11 is 1.85. The summed E-state index contributed by atoms with van der Waals surface area (Å²) in [5.74, 6) is -0.381. The highest BCUT2D eigenvalue weighted by Gasteiger charge is 2.68. The maximum atomic E-state index is 13.5. The highest BCUT2D eigenvalue weighted by atomic mass is 32.1. The summed E-state index contributed by atoms with van der Waals surface area (Å²) < 4.78 is 24.5. The largest absolute Gasteiger partial charge is 0.521 e. The van der Waals surface area contributed by atoms with Gasteiger partial charge in [-0.05, 0) is 59.0 Å². The maximum Gasteiger partial charge on any atom is 0.521 e. The highest BCUT2D eigenvalue weighted by molar-refractivity contribution is 7.09. The SMILES string of the molecule is CCC(=O)[N+](C)(c1ccccc1)C1(C(=O)OC)CC[N+](C)(CCc2ccccc2)CC1C.CCC(=O)[N+](C)(c1ccccc1)C1(COC)CC[N+](C)(CCc2cccs2)CC1.COC(=O)C1([N+](C)(C(=O)OC)c2ccccc2)CC[N+](C)(CCc2ccccc2)CC1. The van der Waals surface area contributed by atoms with Crippen molar-refractivity contribution in [2.24, 2.45) is 5.92 Å². The first-order chi connectivity index (χ1) is 43.9. The van der Waals surface area contributed by atoms with Crippen LogP contribution < -0.4 is 13.4 Å². The molecule has 4 heterocycles. The molecule has 0 spiro atoms. The number of carbonyl (C=O) groups excluding carboxylic acids is 5. The number of thiophene rings is 1. The number of amides is 3. The Labute approximate surface area is 554 Å². The molecule has 3 saturated heterocycles. The lowest BCUT2D eigenvalue weighted by Gasteiger charge is -2.54. The summed E-state index contributed by atoms with van der Waals surface area (Å²) in [4.78, 5) is 68.3. The van der Waals surface area contributed by atoms with Crippen LogP contribution in [-0.4, -0.2) is 196 Å². The molecule has 1 aromatic heterocycles. The molecule has 16 heteroatoms. The van der Waals surface area contributed by atoms with Crippen molar-refractivity contribution in [2.75, 3.05) is 136 Å². The van der Waals surface area contributed by atoms with Gasteiger partial charge in [0.1, 0.15) is 29.2 Å². The Hall–Kier alpha value is -6.73. The summed E-state index contributed by atoms with van der Waals surface area (Å²) in [5, 5.41) is 2.16. The average molecular weight is 1280 g/mol. The molecule has 3 aliphatic rings. The number of rotatable bonds is 21. The third-order valence-corrected chi connectivity index (χ3v) is 23.0. The van der Waals surface area contributed by atoms with Gasteiger partial charge < -0.3 is 32.4 Å². The summed E-state index contributed by atoms with van der Waals surface area (Å²) in [6.45, 7) is 15.1. The molecule has 3 aliphatic heterocycles. The minimum atomic E-state index is -1.03. The van der Waals surface area contributed by atoms with Crippen LogP contribution in [0.4, 0.5) is 21.9 Å². The predicted molar refractivity (Wildman–Crippen MR) is 373 cm³/mol. The van der Waals surface area contributed by atoms with Crippen molar-refractivity contribution in [3.63, 3.8) is 0 Å². The van der Waals surface area contributed by atoms with Crippen LogP contribution >= 0.6 is 11.3 Å². The van der Waals surface area contributed by atoms with Gasteiger partial charge in [0, 0.05) is 31.2 Å². The van der Waals surface area contributed by atoms with E-state index in [2.05, 4.69) is 113 Å². The van der Waals surface area contributed by atoms with Crippen LogP contribution in [0.2, 0.25) is 0 Å². The fourth-order valence-corrected chi connectivity index (χ4v) is 16.3. The summed E-state index contributed by atoms with van der Waals surface area (Å²) in [6, 6.07) is 54.8. The van der Waals surface area contributed by atoms with Gasteiger partial charge in [-0.15, -0.1) is 11.3 Å². The van der Waals surface area contributed by atoms with E-state index in [9.17, 15) is 24.0 Å². The molecular formula is C76H108N6O9S+6. The fraction of sp³-hybridized carbons (Fsp3) is 0.487. The fourth-order valence-electron chi connectivity index (χ4n) is 15.6. The van der Waals surface area contributed by atoms with Crippen LogP contribution in [0.25, 0.3) is 0 Å². The number of para-hydroxylation sites is 3. The molecule has 0 saturated carbocycles. The van der Waals surface area contributed by atoms with Crippen molar-refractivity contribution in [3.05, 3.63) is 185 Å². The molecule has 3 amide bonds. The van der Waals surface area contributed by atoms with E-state index in [0.29, 0.717) is 43.2 Å². The Morgan fingerprint density at radius 3 is 1.29 bits per heavy atom. The van der Waals surface area contributed by atoms with Gasteiger partial charge in [0.25, 0.3) is 0 Å². The summed E-state index contributed by atoms with van der Waals surface area (Å²) in [5.41, 5.74) is 3.08. The first-order valence-electron chi connectivity index (χ1n) is 33.1. The van der Waals surface area contributed by atoms with Crippen LogP contribution in [0.1, 0.15) is 81.7 Å². The van der Waals surface area contributed by atoms with Crippen LogP contribution in [-0.2, 0) is 57.4 Å². The second kappa shape index (κ2) is 31.5. The zero-order valence-corrected chi connectivity index (χ0v) is 58.5. The third-order valence-electron chi connectivity index (χ3n) is 22.1. The van der Waals surface area contributed by atoms with Gasteiger partial charge in [0.2, 0.25) is 11.1 Å². The van der Waals surface area contributed by atoms with Crippen LogP contribution in [0.15, 0.2) is 169 Å². The lowest BCUT2D eigenvalue weighted by Crippen LogP contribution is -2.78. The molecule has 15 nitrogen and oxygen atoms in total. The number of methoxy groups -OCH3 is 4. The van der Waals surface area contributed by atoms with E-state index in [0.717, 1.165) is 122 Å². The standard InChI is InChI=1S/C27H38N2O3.C25H34N2O4.C24H36N2O2S/c1-6-25(30)29(4,24-15-11-8-12-16-24)27(26(31)32-5)18-20-28(3,21-22(27)2)19-17-23-13-9-7-10-14-23;1-26(18-15-21-11-7-5-8-12-21)19-16-25(17-20-26,23(28)30-3)27(2,24(29)31-4)22-13-9-6-10-14-22;1-5-23(27)26(3,21-10-7-6-8-11-21)24(20-28-4)14-17-25(2,18-15-24)16-13-22-12-9-19-29-22/h7-16,22H,6,17-21H2,1-5H3;5-14H,15-20H2,1-4H3;6-12,19H,5,13-18,20H2,1-4H3/q3*+2. The first-order valence-corrected chi connectivity index (χ1v) is 34.0. The topological polar surface area (TPSA) is 122 Å². The number of benzene rings is 5. The number of likely N-dealkylation sites (N-methyl/N-ethyl adjacent to an activating group) is 6.